The van der Waals surface area contributed by atoms with E-state index in [1.807, 2.05) is 0 Å². The lowest BCUT2D eigenvalue weighted by Gasteiger charge is -2.15. The second kappa shape index (κ2) is 5.03. The van der Waals surface area contributed by atoms with Crippen LogP contribution in [0.2, 0.25) is 0 Å². The van der Waals surface area contributed by atoms with Crippen molar-refractivity contribution in [1.82, 2.24) is 4.98 Å². The minimum atomic E-state index is -5.25. The molecule has 19 heavy (non-hydrogen) atoms. The van der Waals surface area contributed by atoms with E-state index in [2.05, 4.69) is 9.72 Å². The number of hydrogen-bond acceptors (Lipinski definition) is 4. The molecular formula is C9H6F6N2O2. The Bertz CT molecular complexity index is 483. The number of ether oxygens (including phenoxy) is 1. The van der Waals surface area contributed by atoms with Gasteiger partial charge in [0.15, 0.2) is 6.29 Å². The average molecular weight is 288 g/mol. The van der Waals surface area contributed by atoms with Crippen molar-refractivity contribution in [2.45, 2.75) is 19.1 Å². The third kappa shape index (κ3) is 3.81. The molecule has 0 spiro atoms. The molecule has 0 saturated heterocycles. The van der Waals surface area contributed by atoms with Crippen molar-refractivity contribution < 1.29 is 35.9 Å². The van der Waals surface area contributed by atoms with Crippen LogP contribution in [0.25, 0.3) is 0 Å². The molecule has 0 radical (unpaired) electrons. The van der Waals surface area contributed by atoms with Crippen molar-refractivity contribution in [1.29, 1.82) is 0 Å². The van der Waals surface area contributed by atoms with E-state index in [4.69, 9.17) is 5.73 Å². The number of alkyl halides is 6. The summed E-state index contributed by atoms with van der Waals surface area (Å²) in [5, 5.41) is 0. The predicted molar refractivity (Wildman–Crippen MR) is 49.2 cm³/mol. The summed E-state index contributed by atoms with van der Waals surface area (Å²) in [5.41, 5.74) is 2.18. The molecule has 0 aliphatic rings. The molecule has 1 aromatic rings. The van der Waals surface area contributed by atoms with Gasteiger partial charge >= 0.3 is 12.5 Å². The van der Waals surface area contributed by atoms with Crippen LogP contribution in [0.3, 0.4) is 0 Å². The van der Waals surface area contributed by atoms with E-state index in [0.29, 0.717) is 6.07 Å². The lowest BCUT2D eigenvalue weighted by atomic mass is 10.1. The molecule has 106 valence electrons. The monoisotopic (exact) mass is 288 g/mol. The molecule has 10 heteroatoms. The van der Waals surface area contributed by atoms with Gasteiger partial charge in [-0.1, -0.05) is 0 Å². The van der Waals surface area contributed by atoms with Crippen molar-refractivity contribution >= 4 is 6.29 Å². The van der Waals surface area contributed by atoms with Crippen molar-refractivity contribution in [3.05, 3.63) is 22.9 Å². The van der Waals surface area contributed by atoms with Crippen LogP contribution >= 0.6 is 0 Å². The van der Waals surface area contributed by atoms with Crippen molar-refractivity contribution in [2.75, 3.05) is 0 Å². The molecule has 0 fully saturated rings. The zero-order chi connectivity index (χ0) is 14.8. The van der Waals surface area contributed by atoms with Gasteiger partial charge in [-0.15, -0.1) is 13.2 Å². The molecule has 1 heterocycles. The normalized spacial score (nSPS) is 12.4. The fraction of sp³-hybridized carbons (Fsp3) is 0.333. The molecule has 0 aromatic carbocycles. The Morgan fingerprint density at radius 3 is 2.21 bits per heavy atom. The highest BCUT2D eigenvalue weighted by Crippen LogP contribution is 2.33. The second-order valence-corrected chi connectivity index (χ2v) is 3.25. The minimum Gasteiger partial charge on any atom is -0.387 e. The maximum atomic E-state index is 12.4. The first-order valence-corrected chi connectivity index (χ1v) is 4.60. The summed E-state index contributed by atoms with van der Waals surface area (Å²) in [7, 11) is 0. The summed E-state index contributed by atoms with van der Waals surface area (Å²) in [5.74, 6) is -1.38. The summed E-state index contributed by atoms with van der Waals surface area (Å²) in [4.78, 5) is 13.3. The Balaban J connectivity index is 3.44. The standard InChI is InChI=1S/C9H6F6N2O2/c10-8(11,12)6-1-4(3-18)5(2-16)7(17-6)19-9(13,14)15/h1,3H,2,16H2. The van der Waals surface area contributed by atoms with Gasteiger partial charge in [0.05, 0.1) is 0 Å². The zero-order valence-corrected chi connectivity index (χ0v) is 8.97. The number of carbonyl (C=O) groups excluding carboxylic acids is 1. The molecule has 0 amide bonds. The smallest absolute Gasteiger partial charge is 0.387 e. The van der Waals surface area contributed by atoms with E-state index >= 15 is 0 Å². The average Bonchev–Trinajstić information content (AvgIpc) is 2.24. The quantitative estimate of drug-likeness (QED) is 0.684. The number of hydrogen-bond donors (Lipinski definition) is 1. The number of nitrogens with two attached hydrogens (primary N) is 1. The van der Waals surface area contributed by atoms with Crippen LogP contribution in [-0.2, 0) is 12.7 Å². The van der Waals surface area contributed by atoms with Crippen LogP contribution < -0.4 is 10.5 Å². The Kier molecular flexibility index (Phi) is 4.03. The van der Waals surface area contributed by atoms with Crippen LogP contribution in [0.5, 0.6) is 5.88 Å². The van der Waals surface area contributed by atoms with Crippen LogP contribution in [0.1, 0.15) is 21.6 Å². The maximum absolute atomic E-state index is 12.4. The number of nitrogens with zero attached hydrogens (tertiary/aromatic N) is 1. The van der Waals surface area contributed by atoms with E-state index in [0.717, 1.165) is 0 Å². The number of pyridine rings is 1. The van der Waals surface area contributed by atoms with Gasteiger partial charge in [0.1, 0.15) is 5.69 Å². The molecule has 0 unspecified atom stereocenters. The molecule has 2 N–H and O–H groups in total. The van der Waals surface area contributed by atoms with Crippen LogP contribution in [0.15, 0.2) is 6.07 Å². The Labute approximate surface area is 102 Å². The predicted octanol–water partition coefficient (Wildman–Crippen LogP) is 2.27. The summed E-state index contributed by atoms with van der Waals surface area (Å²) in [6.45, 7) is -0.634. The first-order valence-electron chi connectivity index (χ1n) is 4.60. The van der Waals surface area contributed by atoms with Crippen molar-refractivity contribution in [3.63, 3.8) is 0 Å². The van der Waals surface area contributed by atoms with Crippen LogP contribution in [0.4, 0.5) is 26.3 Å². The number of carbonyl (C=O) groups is 1. The maximum Gasteiger partial charge on any atom is 0.574 e. The largest absolute Gasteiger partial charge is 0.574 e. The van der Waals surface area contributed by atoms with E-state index in [9.17, 15) is 31.1 Å². The Morgan fingerprint density at radius 1 is 1.26 bits per heavy atom. The summed E-state index contributed by atoms with van der Waals surface area (Å²) < 4.78 is 76.7. The topological polar surface area (TPSA) is 65.2 Å². The SMILES string of the molecule is NCc1c(C=O)cc(C(F)(F)F)nc1OC(F)(F)F. The molecule has 0 bridgehead atoms. The summed E-state index contributed by atoms with van der Waals surface area (Å²) in [6, 6.07) is 0.304. The van der Waals surface area contributed by atoms with Gasteiger partial charge in [-0.05, 0) is 6.07 Å². The second-order valence-electron chi connectivity index (χ2n) is 3.25. The molecule has 1 aromatic heterocycles. The van der Waals surface area contributed by atoms with Gasteiger partial charge in [0.25, 0.3) is 0 Å². The van der Waals surface area contributed by atoms with Gasteiger partial charge in [-0.3, -0.25) is 4.79 Å². The Morgan fingerprint density at radius 2 is 1.84 bits per heavy atom. The first-order chi connectivity index (χ1) is 8.58. The zero-order valence-electron chi connectivity index (χ0n) is 8.97. The van der Waals surface area contributed by atoms with Gasteiger partial charge in [-0.2, -0.15) is 13.2 Å². The van der Waals surface area contributed by atoms with Crippen LogP contribution in [-0.4, -0.2) is 17.6 Å². The van der Waals surface area contributed by atoms with Gasteiger partial charge in [0.2, 0.25) is 5.88 Å². The van der Waals surface area contributed by atoms with Gasteiger partial charge in [0, 0.05) is 17.7 Å². The van der Waals surface area contributed by atoms with Gasteiger partial charge < -0.3 is 10.5 Å². The Hall–Kier alpha value is -1.84. The lowest BCUT2D eigenvalue weighted by Crippen LogP contribution is -2.22. The molecule has 1 rings (SSSR count). The fourth-order valence-electron chi connectivity index (χ4n) is 1.22. The minimum absolute atomic E-state index is 0.0532. The first kappa shape index (κ1) is 15.2. The molecule has 0 aliphatic carbocycles. The van der Waals surface area contributed by atoms with Gasteiger partial charge in [-0.25, -0.2) is 4.98 Å². The number of halogens is 6. The van der Waals surface area contributed by atoms with E-state index in [-0.39, 0.29) is 6.29 Å². The third-order valence-corrected chi connectivity index (χ3v) is 1.95. The molecule has 0 atom stereocenters. The number of rotatable bonds is 3. The highest BCUT2D eigenvalue weighted by molar-refractivity contribution is 5.78. The molecule has 4 nitrogen and oxygen atoms in total. The summed E-state index contributed by atoms with van der Waals surface area (Å²) >= 11 is 0. The van der Waals surface area contributed by atoms with Crippen molar-refractivity contribution in [2.24, 2.45) is 5.73 Å². The lowest BCUT2D eigenvalue weighted by molar-refractivity contribution is -0.276. The third-order valence-electron chi connectivity index (χ3n) is 1.95. The fourth-order valence-corrected chi connectivity index (χ4v) is 1.22. The summed E-state index contributed by atoms with van der Waals surface area (Å²) in [6.07, 6.45) is -10.3. The van der Waals surface area contributed by atoms with E-state index in [1.54, 1.807) is 0 Å². The molecule has 0 saturated carbocycles. The van der Waals surface area contributed by atoms with E-state index < -0.39 is 41.8 Å². The number of aldehydes is 1. The van der Waals surface area contributed by atoms with E-state index in [1.165, 1.54) is 0 Å². The number of aromatic nitrogens is 1. The molecular weight excluding hydrogens is 282 g/mol. The van der Waals surface area contributed by atoms with Crippen LogP contribution in [0, 0.1) is 0 Å². The van der Waals surface area contributed by atoms with Crippen molar-refractivity contribution in [3.8, 4) is 5.88 Å². The highest BCUT2D eigenvalue weighted by atomic mass is 19.4. The molecule has 0 aliphatic heterocycles. The highest BCUT2D eigenvalue weighted by Gasteiger charge is 2.37.